The molecule has 0 radical (unpaired) electrons. The van der Waals surface area contributed by atoms with E-state index in [1.165, 1.54) is 11.3 Å². The van der Waals surface area contributed by atoms with Gasteiger partial charge in [0.25, 0.3) is 5.56 Å². The second-order valence-electron chi connectivity index (χ2n) is 7.40. The number of methoxy groups -OCH3 is 1. The Morgan fingerprint density at radius 2 is 1.59 bits per heavy atom. The monoisotopic (exact) mass is 440 g/mol. The molecule has 0 saturated heterocycles. The normalized spacial score (nSPS) is 11.1. The molecule has 0 saturated carbocycles. The first-order valence-corrected chi connectivity index (χ1v) is 10.9. The lowest BCUT2D eigenvalue weighted by atomic mass is 10.0. The third-order valence-electron chi connectivity index (χ3n) is 5.51. The van der Waals surface area contributed by atoms with Crippen LogP contribution in [0.3, 0.4) is 0 Å². The van der Waals surface area contributed by atoms with E-state index in [0.29, 0.717) is 21.5 Å². The van der Waals surface area contributed by atoms with Gasteiger partial charge in [0.2, 0.25) is 0 Å². The van der Waals surface area contributed by atoms with Crippen molar-refractivity contribution in [1.82, 2.24) is 9.55 Å². The van der Waals surface area contributed by atoms with E-state index in [0.717, 1.165) is 21.9 Å². The first-order valence-electron chi connectivity index (χ1n) is 10.1. The second-order valence-corrected chi connectivity index (χ2v) is 8.40. The Labute approximate surface area is 188 Å². The van der Waals surface area contributed by atoms with Gasteiger partial charge in [-0.3, -0.25) is 4.79 Å². The van der Waals surface area contributed by atoms with Crippen LogP contribution in [0, 0.1) is 0 Å². The zero-order valence-corrected chi connectivity index (χ0v) is 18.4. The van der Waals surface area contributed by atoms with Crippen molar-refractivity contribution < 1.29 is 9.84 Å². The van der Waals surface area contributed by atoms with Crippen LogP contribution in [-0.2, 0) is 7.05 Å². The summed E-state index contributed by atoms with van der Waals surface area (Å²) in [5, 5.41) is 12.6. The van der Waals surface area contributed by atoms with Crippen LogP contribution in [0.15, 0.2) is 83.7 Å². The highest BCUT2D eigenvalue weighted by Crippen LogP contribution is 2.44. The van der Waals surface area contributed by atoms with Crippen LogP contribution in [0.2, 0.25) is 0 Å². The van der Waals surface area contributed by atoms with Crippen LogP contribution in [0.5, 0.6) is 11.5 Å². The molecule has 32 heavy (non-hydrogen) atoms. The summed E-state index contributed by atoms with van der Waals surface area (Å²) in [7, 11) is 3.34. The largest absolute Gasteiger partial charge is 0.506 e. The summed E-state index contributed by atoms with van der Waals surface area (Å²) in [5.41, 5.74) is 3.12. The van der Waals surface area contributed by atoms with E-state index in [-0.39, 0.29) is 16.9 Å². The summed E-state index contributed by atoms with van der Waals surface area (Å²) in [4.78, 5) is 18.9. The summed E-state index contributed by atoms with van der Waals surface area (Å²) in [5.74, 6) is 0.708. The van der Waals surface area contributed by atoms with E-state index in [1.807, 2.05) is 78.9 Å². The average molecular weight is 441 g/mol. The fourth-order valence-corrected chi connectivity index (χ4v) is 4.95. The van der Waals surface area contributed by atoms with E-state index in [1.54, 1.807) is 18.7 Å². The molecule has 0 amide bonds. The summed E-state index contributed by atoms with van der Waals surface area (Å²) < 4.78 is 6.86. The minimum atomic E-state index is -0.265. The lowest BCUT2D eigenvalue weighted by Crippen LogP contribution is -2.19. The van der Waals surface area contributed by atoms with E-state index < -0.39 is 0 Å². The van der Waals surface area contributed by atoms with Crippen LogP contribution in [0.1, 0.15) is 0 Å². The van der Waals surface area contributed by atoms with Crippen LogP contribution in [-0.4, -0.2) is 21.8 Å². The predicted octanol–water partition coefficient (Wildman–Crippen LogP) is 5.71. The van der Waals surface area contributed by atoms with Gasteiger partial charge in [-0.2, -0.15) is 0 Å². The van der Waals surface area contributed by atoms with Crippen molar-refractivity contribution >= 4 is 22.2 Å². The maximum Gasteiger partial charge on any atom is 0.263 e. The summed E-state index contributed by atoms with van der Waals surface area (Å²) in [6, 6.07) is 24.7. The predicted molar refractivity (Wildman–Crippen MR) is 129 cm³/mol. The number of hydrogen-bond donors (Lipinski definition) is 1. The molecule has 0 spiro atoms. The van der Waals surface area contributed by atoms with Gasteiger partial charge in [-0.1, -0.05) is 42.5 Å². The number of rotatable bonds is 4. The summed E-state index contributed by atoms with van der Waals surface area (Å²) in [6.07, 6.45) is 0. The van der Waals surface area contributed by atoms with Gasteiger partial charge in [0.05, 0.1) is 23.2 Å². The molecular weight excluding hydrogens is 420 g/mol. The number of ether oxygens (including phenoxy) is 1. The van der Waals surface area contributed by atoms with Crippen molar-refractivity contribution in [2.45, 2.75) is 0 Å². The standard InChI is InChI=1S/C26H20N2O3S/c1-28-20-11-7-6-10-19(20)23(29)21(26(28)30)24-22(16-12-14-18(31-2)15-13-16)27-25(32-24)17-8-4-3-5-9-17/h3-15,29H,1-2H3. The Bertz CT molecular complexity index is 1490. The third-order valence-corrected chi connectivity index (χ3v) is 6.64. The molecule has 158 valence electrons. The van der Waals surface area contributed by atoms with Crippen molar-refractivity contribution in [2.24, 2.45) is 7.05 Å². The maximum atomic E-state index is 13.4. The quantitative estimate of drug-likeness (QED) is 0.389. The number of benzene rings is 3. The van der Waals surface area contributed by atoms with Gasteiger partial charge >= 0.3 is 0 Å². The molecule has 5 aromatic rings. The number of para-hydroxylation sites is 1. The number of aromatic hydroxyl groups is 1. The molecule has 3 aromatic carbocycles. The first-order chi connectivity index (χ1) is 15.6. The van der Waals surface area contributed by atoms with Crippen molar-refractivity contribution in [3.05, 3.63) is 89.2 Å². The average Bonchev–Trinajstić information content (AvgIpc) is 3.28. The summed E-state index contributed by atoms with van der Waals surface area (Å²) in [6.45, 7) is 0. The minimum absolute atomic E-state index is 0.0262. The van der Waals surface area contributed by atoms with Crippen molar-refractivity contribution in [3.8, 4) is 43.8 Å². The fourth-order valence-electron chi connectivity index (χ4n) is 3.82. The Morgan fingerprint density at radius 1 is 0.906 bits per heavy atom. The Kier molecular flexibility index (Phi) is 4.99. The molecule has 1 N–H and O–H groups in total. The fraction of sp³-hybridized carbons (Fsp3) is 0.0769. The van der Waals surface area contributed by atoms with Crippen molar-refractivity contribution in [3.63, 3.8) is 0 Å². The lowest BCUT2D eigenvalue weighted by molar-refractivity contribution is 0.415. The van der Waals surface area contributed by atoms with Gasteiger partial charge in [0.15, 0.2) is 0 Å². The molecule has 5 nitrogen and oxygen atoms in total. The van der Waals surface area contributed by atoms with Crippen LogP contribution in [0.4, 0.5) is 0 Å². The zero-order valence-electron chi connectivity index (χ0n) is 17.6. The molecule has 2 heterocycles. The number of aromatic nitrogens is 2. The Hall–Kier alpha value is -3.90. The Balaban J connectivity index is 1.82. The molecule has 0 bridgehead atoms. The second kappa shape index (κ2) is 7.98. The molecular formula is C26H20N2O3S. The van der Waals surface area contributed by atoms with Crippen LogP contribution < -0.4 is 10.3 Å². The van der Waals surface area contributed by atoms with Gasteiger partial charge in [-0.25, -0.2) is 4.98 Å². The van der Waals surface area contributed by atoms with Crippen LogP contribution in [0.25, 0.3) is 43.2 Å². The highest BCUT2D eigenvalue weighted by atomic mass is 32.1. The van der Waals surface area contributed by atoms with E-state index >= 15 is 0 Å². The highest BCUT2D eigenvalue weighted by molar-refractivity contribution is 7.19. The number of fused-ring (bicyclic) bond motifs is 1. The number of aryl methyl sites for hydroxylation is 1. The SMILES string of the molecule is COc1ccc(-c2nc(-c3ccccc3)sc2-c2c(O)c3ccccc3n(C)c2=O)cc1. The van der Waals surface area contributed by atoms with E-state index in [2.05, 4.69) is 0 Å². The molecule has 0 atom stereocenters. The number of thiazole rings is 1. The van der Waals surface area contributed by atoms with Gasteiger partial charge < -0.3 is 14.4 Å². The van der Waals surface area contributed by atoms with Crippen molar-refractivity contribution in [2.75, 3.05) is 7.11 Å². The third kappa shape index (κ3) is 3.25. The minimum Gasteiger partial charge on any atom is -0.506 e. The van der Waals surface area contributed by atoms with E-state index in [9.17, 15) is 9.90 Å². The Morgan fingerprint density at radius 3 is 2.31 bits per heavy atom. The van der Waals surface area contributed by atoms with E-state index in [4.69, 9.17) is 9.72 Å². The van der Waals surface area contributed by atoms with Crippen LogP contribution >= 0.6 is 11.3 Å². The van der Waals surface area contributed by atoms with Gasteiger partial charge in [0, 0.05) is 23.6 Å². The molecule has 6 heteroatoms. The van der Waals surface area contributed by atoms with Gasteiger partial charge in [-0.15, -0.1) is 11.3 Å². The molecule has 0 aliphatic rings. The number of pyridine rings is 1. The molecule has 0 fully saturated rings. The highest BCUT2D eigenvalue weighted by Gasteiger charge is 2.24. The molecule has 5 rings (SSSR count). The maximum absolute atomic E-state index is 13.4. The number of nitrogens with zero attached hydrogens (tertiary/aromatic N) is 2. The molecule has 0 unspecified atom stereocenters. The van der Waals surface area contributed by atoms with Crippen molar-refractivity contribution in [1.29, 1.82) is 0 Å². The van der Waals surface area contributed by atoms with Gasteiger partial charge in [-0.05, 0) is 36.4 Å². The topological polar surface area (TPSA) is 64.3 Å². The number of hydrogen-bond acceptors (Lipinski definition) is 5. The molecule has 2 aromatic heterocycles. The smallest absolute Gasteiger partial charge is 0.263 e. The zero-order chi connectivity index (χ0) is 22.2. The lowest BCUT2D eigenvalue weighted by Gasteiger charge is -2.12. The van der Waals surface area contributed by atoms with Gasteiger partial charge in [0.1, 0.15) is 22.1 Å². The first kappa shape index (κ1) is 20.0. The molecule has 0 aliphatic carbocycles. The summed E-state index contributed by atoms with van der Waals surface area (Å²) >= 11 is 1.40. The molecule has 0 aliphatic heterocycles.